The van der Waals surface area contributed by atoms with Gasteiger partial charge in [0.25, 0.3) is 0 Å². The summed E-state index contributed by atoms with van der Waals surface area (Å²) in [4.78, 5) is 4.76. The van der Waals surface area contributed by atoms with Crippen molar-refractivity contribution < 1.29 is 9.13 Å². The fourth-order valence-electron chi connectivity index (χ4n) is 3.29. The van der Waals surface area contributed by atoms with E-state index in [1.807, 2.05) is 31.6 Å². The lowest BCUT2D eigenvalue weighted by molar-refractivity contribution is 0.386. The molecule has 7 heteroatoms. The highest BCUT2D eigenvalue weighted by Crippen LogP contribution is 2.22. The first-order valence-corrected chi connectivity index (χ1v) is 9.86. The molecule has 0 aliphatic heterocycles. The summed E-state index contributed by atoms with van der Waals surface area (Å²) >= 11 is 0. The highest BCUT2D eigenvalue weighted by Gasteiger charge is 2.15. The molecule has 6 nitrogen and oxygen atoms in total. The van der Waals surface area contributed by atoms with E-state index < -0.39 is 0 Å². The second-order valence-electron chi connectivity index (χ2n) is 6.66. The van der Waals surface area contributed by atoms with Gasteiger partial charge in [0.2, 0.25) is 0 Å². The van der Waals surface area contributed by atoms with E-state index in [-0.39, 0.29) is 17.6 Å². The van der Waals surface area contributed by atoms with Gasteiger partial charge in [-0.05, 0) is 44.4 Å². The molecule has 0 spiro atoms. The number of halogens is 1. The standard InChI is InChI=1S/C21H32FN5O/c1-7-18-16(19(8-2)27(5)26-18)13-24-21(23-9-3)25-14(4)15-10-11-20(28-6)17(22)12-15/h10-12,14H,7-9,13H2,1-6H3,(H2,23,24,25). The third kappa shape index (κ3) is 5.03. The van der Waals surface area contributed by atoms with Crippen molar-refractivity contribution in [3.05, 3.63) is 46.5 Å². The van der Waals surface area contributed by atoms with Crippen LogP contribution in [-0.4, -0.2) is 29.4 Å². The molecule has 0 aliphatic rings. The minimum absolute atomic E-state index is 0.108. The third-order valence-corrected chi connectivity index (χ3v) is 4.80. The fourth-order valence-corrected chi connectivity index (χ4v) is 3.29. The normalized spacial score (nSPS) is 12.8. The predicted octanol–water partition coefficient (Wildman–Crippen LogP) is 3.51. The van der Waals surface area contributed by atoms with Crippen molar-refractivity contribution in [3.63, 3.8) is 0 Å². The van der Waals surface area contributed by atoms with Gasteiger partial charge < -0.3 is 15.4 Å². The van der Waals surface area contributed by atoms with Gasteiger partial charge in [0.1, 0.15) is 0 Å². The summed E-state index contributed by atoms with van der Waals surface area (Å²) < 4.78 is 21.0. The van der Waals surface area contributed by atoms with Crippen LogP contribution in [0.4, 0.5) is 4.39 Å². The second-order valence-corrected chi connectivity index (χ2v) is 6.66. The summed E-state index contributed by atoms with van der Waals surface area (Å²) in [6.45, 7) is 9.54. The van der Waals surface area contributed by atoms with Crippen LogP contribution in [0.1, 0.15) is 56.3 Å². The molecule has 2 N–H and O–H groups in total. The minimum Gasteiger partial charge on any atom is -0.494 e. The van der Waals surface area contributed by atoms with E-state index in [9.17, 15) is 4.39 Å². The molecule has 1 atom stereocenters. The Bertz CT molecular complexity index is 815. The summed E-state index contributed by atoms with van der Waals surface area (Å²) in [7, 11) is 3.44. The van der Waals surface area contributed by atoms with Gasteiger partial charge in [-0.1, -0.05) is 19.9 Å². The maximum Gasteiger partial charge on any atom is 0.192 e. The van der Waals surface area contributed by atoms with Gasteiger partial charge in [0.05, 0.1) is 25.4 Å². The number of ether oxygens (including phenoxy) is 1. The van der Waals surface area contributed by atoms with Crippen LogP contribution in [0.15, 0.2) is 23.2 Å². The highest BCUT2D eigenvalue weighted by atomic mass is 19.1. The predicted molar refractivity (Wildman–Crippen MR) is 111 cm³/mol. The van der Waals surface area contributed by atoms with Crippen LogP contribution in [0.3, 0.4) is 0 Å². The van der Waals surface area contributed by atoms with Crippen LogP contribution < -0.4 is 15.4 Å². The van der Waals surface area contributed by atoms with Crippen molar-refractivity contribution >= 4 is 5.96 Å². The summed E-state index contributed by atoms with van der Waals surface area (Å²) in [5.74, 6) is 0.567. The number of guanidine groups is 1. The van der Waals surface area contributed by atoms with Crippen molar-refractivity contribution in [2.45, 2.75) is 53.1 Å². The lowest BCUT2D eigenvalue weighted by atomic mass is 10.1. The summed E-state index contributed by atoms with van der Waals surface area (Å²) in [5.41, 5.74) is 4.31. The molecule has 2 rings (SSSR count). The Morgan fingerprint density at radius 2 is 2.04 bits per heavy atom. The number of methoxy groups -OCH3 is 1. The second kappa shape index (κ2) is 10.1. The quantitative estimate of drug-likeness (QED) is 0.536. The van der Waals surface area contributed by atoms with Gasteiger partial charge in [-0.3, -0.25) is 4.68 Å². The molecular weight excluding hydrogens is 357 g/mol. The van der Waals surface area contributed by atoms with Crippen molar-refractivity contribution in [2.24, 2.45) is 12.0 Å². The molecule has 0 fully saturated rings. The van der Waals surface area contributed by atoms with Gasteiger partial charge in [-0.2, -0.15) is 5.10 Å². The zero-order valence-corrected chi connectivity index (χ0v) is 17.8. The van der Waals surface area contributed by atoms with Crippen molar-refractivity contribution in [3.8, 4) is 5.75 Å². The average Bonchev–Trinajstić information content (AvgIpc) is 3.00. The maximum atomic E-state index is 14.0. The van der Waals surface area contributed by atoms with Crippen LogP contribution in [0.2, 0.25) is 0 Å². The number of hydrogen-bond acceptors (Lipinski definition) is 3. The van der Waals surface area contributed by atoms with E-state index in [2.05, 4.69) is 29.6 Å². The molecule has 0 saturated heterocycles. The Balaban J connectivity index is 2.20. The van der Waals surface area contributed by atoms with Crippen LogP contribution in [0.5, 0.6) is 5.75 Å². The van der Waals surface area contributed by atoms with Crippen LogP contribution >= 0.6 is 0 Å². The van der Waals surface area contributed by atoms with Crippen molar-refractivity contribution in [2.75, 3.05) is 13.7 Å². The molecule has 0 radical (unpaired) electrons. The molecule has 1 aromatic heterocycles. The molecule has 1 unspecified atom stereocenters. The van der Waals surface area contributed by atoms with E-state index in [4.69, 9.17) is 9.73 Å². The number of benzene rings is 1. The first-order chi connectivity index (χ1) is 13.4. The van der Waals surface area contributed by atoms with Crippen molar-refractivity contribution in [1.82, 2.24) is 20.4 Å². The smallest absolute Gasteiger partial charge is 0.192 e. The number of nitrogens with zero attached hydrogens (tertiary/aromatic N) is 3. The summed E-state index contributed by atoms with van der Waals surface area (Å²) in [6.07, 6.45) is 1.80. The van der Waals surface area contributed by atoms with Crippen LogP contribution in [-0.2, 0) is 26.4 Å². The van der Waals surface area contributed by atoms with E-state index >= 15 is 0 Å². The summed E-state index contributed by atoms with van der Waals surface area (Å²) in [5, 5.41) is 11.2. The molecule has 1 heterocycles. The first kappa shape index (κ1) is 21.7. The Labute approximate surface area is 167 Å². The number of rotatable bonds is 8. The summed E-state index contributed by atoms with van der Waals surface area (Å²) in [6, 6.07) is 4.88. The molecule has 0 amide bonds. The molecular formula is C21H32FN5O. The SMILES string of the molecule is CCNC(=NCc1c(CC)nn(C)c1CC)NC(C)c1ccc(OC)c(F)c1. The van der Waals surface area contributed by atoms with Gasteiger partial charge in [0, 0.05) is 24.8 Å². The molecule has 154 valence electrons. The van der Waals surface area contributed by atoms with Gasteiger partial charge in [0.15, 0.2) is 17.5 Å². The molecule has 0 saturated carbocycles. The third-order valence-electron chi connectivity index (χ3n) is 4.80. The highest BCUT2D eigenvalue weighted by molar-refractivity contribution is 5.80. The molecule has 0 aliphatic carbocycles. The Kier molecular flexibility index (Phi) is 7.84. The van der Waals surface area contributed by atoms with Gasteiger partial charge in [-0.15, -0.1) is 0 Å². The molecule has 28 heavy (non-hydrogen) atoms. The Morgan fingerprint density at radius 3 is 2.61 bits per heavy atom. The largest absolute Gasteiger partial charge is 0.494 e. The number of aliphatic imine (C=N–C) groups is 1. The van der Waals surface area contributed by atoms with E-state index in [0.29, 0.717) is 12.5 Å². The minimum atomic E-state index is -0.369. The lowest BCUT2D eigenvalue weighted by Gasteiger charge is -2.19. The van der Waals surface area contributed by atoms with E-state index in [0.717, 1.165) is 30.6 Å². The monoisotopic (exact) mass is 389 g/mol. The van der Waals surface area contributed by atoms with Crippen molar-refractivity contribution in [1.29, 1.82) is 0 Å². The Morgan fingerprint density at radius 1 is 1.29 bits per heavy atom. The van der Waals surface area contributed by atoms with Crippen LogP contribution in [0, 0.1) is 5.82 Å². The fraction of sp³-hybridized carbons (Fsp3) is 0.524. The number of aryl methyl sites for hydroxylation is 2. The average molecular weight is 390 g/mol. The zero-order valence-electron chi connectivity index (χ0n) is 17.8. The van der Waals surface area contributed by atoms with Gasteiger partial charge >= 0.3 is 0 Å². The number of hydrogen-bond donors (Lipinski definition) is 2. The molecule has 1 aromatic carbocycles. The number of nitrogens with one attached hydrogen (secondary N) is 2. The number of aromatic nitrogens is 2. The van der Waals surface area contributed by atoms with Crippen LogP contribution in [0.25, 0.3) is 0 Å². The lowest BCUT2D eigenvalue weighted by Crippen LogP contribution is -2.38. The topological polar surface area (TPSA) is 63.5 Å². The molecule has 2 aromatic rings. The zero-order chi connectivity index (χ0) is 20.7. The van der Waals surface area contributed by atoms with E-state index in [1.165, 1.54) is 24.4 Å². The molecule has 0 bridgehead atoms. The van der Waals surface area contributed by atoms with E-state index in [1.54, 1.807) is 6.07 Å². The Hall–Kier alpha value is -2.57. The maximum absolute atomic E-state index is 14.0. The first-order valence-electron chi connectivity index (χ1n) is 9.86. The van der Waals surface area contributed by atoms with Gasteiger partial charge in [-0.25, -0.2) is 9.38 Å².